The van der Waals surface area contributed by atoms with Gasteiger partial charge in [0.1, 0.15) is 11.4 Å². The molecule has 2 aromatic rings. The number of hydrogen-bond acceptors (Lipinski definition) is 5. The van der Waals surface area contributed by atoms with Gasteiger partial charge in [-0.1, -0.05) is 0 Å². The monoisotopic (exact) mass is 315 g/mol. The molecule has 2 aliphatic rings. The molecule has 7 nitrogen and oxygen atoms in total. The third-order valence-electron chi connectivity index (χ3n) is 4.80. The zero-order chi connectivity index (χ0) is 15.9. The number of carbonyl (C=O) groups is 1. The first kappa shape index (κ1) is 14.4. The fourth-order valence-electron chi connectivity index (χ4n) is 3.39. The Morgan fingerprint density at radius 3 is 2.83 bits per heavy atom. The Morgan fingerprint density at radius 2 is 2.09 bits per heavy atom. The lowest BCUT2D eigenvalue weighted by molar-refractivity contribution is -0.151. The summed E-state index contributed by atoms with van der Waals surface area (Å²) >= 11 is 0. The topological polar surface area (TPSA) is 63.0 Å². The standard InChI is InChI=1S/C16H21N5O2/c1-16(5-2-12-23-16)15(22)20-10-8-19(9-11-20)14-4-3-13-17-6-7-21(13)18-14/h3-4,6-7H,2,5,8-12H2,1H3/t16-/m0/s1. The van der Waals surface area contributed by atoms with Gasteiger partial charge in [0.2, 0.25) is 0 Å². The molecule has 2 aromatic heterocycles. The Balaban J connectivity index is 1.43. The van der Waals surface area contributed by atoms with Crippen LogP contribution in [0.3, 0.4) is 0 Å². The van der Waals surface area contributed by atoms with Gasteiger partial charge in [0.15, 0.2) is 5.65 Å². The first-order chi connectivity index (χ1) is 11.2. The molecule has 2 fully saturated rings. The van der Waals surface area contributed by atoms with E-state index in [1.165, 1.54) is 0 Å². The molecule has 0 radical (unpaired) electrons. The van der Waals surface area contributed by atoms with Crippen LogP contribution < -0.4 is 4.90 Å². The van der Waals surface area contributed by atoms with Crippen LogP contribution in [0.1, 0.15) is 19.8 Å². The fourth-order valence-corrected chi connectivity index (χ4v) is 3.39. The molecule has 4 rings (SSSR count). The number of nitrogens with zero attached hydrogens (tertiary/aromatic N) is 5. The molecule has 0 aliphatic carbocycles. The predicted molar refractivity (Wildman–Crippen MR) is 85.4 cm³/mol. The molecule has 2 saturated heterocycles. The molecule has 0 N–H and O–H groups in total. The van der Waals surface area contributed by atoms with E-state index in [9.17, 15) is 4.79 Å². The van der Waals surface area contributed by atoms with Gasteiger partial charge in [0.25, 0.3) is 5.91 Å². The molecule has 0 bridgehead atoms. The summed E-state index contributed by atoms with van der Waals surface area (Å²) in [5.74, 6) is 1.05. The number of aromatic nitrogens is 3. The number of amides is 1. The van der Waals surface area contributed by atoms with Crippen LogP contribution in [0.4, 0.5) is 5.82 Å². The Kier molecular flexibility index (Phi) is 3.45. The highest BCUT2D eigenvalue weighted by Crippen LogP contribution is 2.28. The SMILES string of the molecule is C[C@@]1(C(=O)N2CCN(c3ccc4nccn4n3)CC2)CCCO1. The second-order valence-corrected chi connectivity index (χ2v) is 6.38. The van der Waals surface area contributed by atoms with Gasteiger partial charge in [-0.15, -0.1) is 5.10 Å². The summed E-state index contributed by atoms with van der Waals surface area (Å²) in [6.45, 7) is 5.60. The molecule has 0 spiro atoms. The van der Waals surface area contributed by atoms with Gasteiger partial charge < -0.3 is 14.5 Å². The minimum Gasteiger partial charge on any atom is -0.365 e. The maximum Gasteiger partial charge on any atom is 0.254 e. The summed E-state index contributed by atoms with van der Waals surface area (Å²) in [6.07, 6.45) is 5.38. The van der Waals surface area contributed by atoms with E-state index in [0.29, 0.717) is 19.7 Å². The normalized spacial score (nSPS) is 25.3. The Morgan fingerprint density at radius 1 is 1.26 bits per heavy atom. The number of rotatable bonds is 2. The second-order valence-electron chi connectivity index (χ2n) is 6.38. The van der Waals surface area contributed by atoms with Crippen LogP contribution in [-0.4, -0.2) is 63.8 Å². The first-order valence-electron chi connectivity index (χ1n) is 8.14. The van der Waals surface area contributed by atoms with Gasteiger partial charge in [-0.2, -0.15) is 0 Å². The van der Waals surface area contributed by atoms with Crippen LogP contribution in [0.2, 0.25) is 0 Å². The van der Waals surface area contributed by atoms with E-state index >= 15 is 0 Å². The number of piperazine rings is 1. The van der Waals surface area contributed by atoms with E-state index in [1.807, 2.05) is 30.2 Å². The van der Waals surface area contributed by atoms with Crippen molar-refractivity contribution in [1.82, 2.24) is 19.5 Å². The molecule has 0 saturated carbocycles. The highest BCUT2D eigenvalue weighted by molar-refractivity contribution is 5.85. The van der Waals surface area contributed by atoms with Crippen LogP contribution >= 0.6 is 0 Å². The van der Waals surface area contributed by atoms with Crippen molar-refractivity contribution >= 4 is 17.4 Å². The molecule has 1 atom stereocenters. The molecule has 0 unspecified atom stereocenters. The zero-order valence-corrected chi connectivity index (χ0v) is 13.3. The van der Waals surface area contributed by atoms with E-state index in [2.05, 4.69) is 15.0 Å². The van der Waals surface area contributed by atoms with E-state index < -0.39 is 5.60 Å². The Bertz CT molecular complexity index is 714. The van der Waals surface area contributed by atoms with Crippen molar-refractivity contribution in [1.29, 1.82) is 0 Å². The summed E-state index contributed by atoms with van der Waals surface area (Å²) in [6, 6.07) is 3.95. The lowest BCUT2D eigenvalue weighted by Gasteiger charge is -2.38. The maximum atomic E-state index is 12.7. The van der Waals surface area contributed by atoms with Gasteiger partial charge in [0.05, 0.1) is 0 Å². The van der Waals surface area contributed by atoms with Gasteiger partial charge in [0, 0.05) is 45.2 Å². The largest absolute Gasteiger partial charge is 0.365 e. The zero-order valence-electron chi connectivity index (χ0n) is 13.3. The Labute approximate surface area is 134 Å². The van der Waals surface area contributed by atoms with Gasteiger partial charge in [-0.3, -0.25) is 4.79 Å². The number of anilines is 1. The van der Waals surface area contributed by atoms with E-state index in [1.54, 1.807) is 10.7 Å². The number of ether oxygens (including phenoxy) is 1. The molecule has 2 aliphatic heterocycles. The second kappa shape index (κ2) is 5.49. The third-order valence-corrected chi connectivity index (χ3v) is 4.80. The molecule has 23 heavy (non-hydrogen) atoms. The number of fused-ring (bicyclic) bond motifs is 1. The predicted octanol–water partition coefficient (Wildman–Crippen LogP) is 0.947. The minimum atomic E-state index is -0.615. The van der Waals surface area contributed by atoms with E-state index in [4.69, 9.17) is 4.74 Å². The highest BCUT2D eigenvalue weighted by Gasteiger charge is 2.41. The summed E-state index contributed by atoms with van der Waals surface area (Å²) in [7, 11) is 0. The maximum absolute atomic E-state index is 12.7. The van der Waals surface area contributed by atoms with Crippen molar-refractivity contribution in [2.75, 3.05) is 37.7 Å². The first-order valence-corrected chi connectivity index (χ1v) is 8.14. The molecular formula is C16H21N5O2. The fraction of sp³-hybridized carbons (Fsp3) is 0.562. The molecule has 4 heterocycles. The van der Waals surface area contributed by atoms with Crippen molar-refractivity contribution in [2.45, 2.75) is 25.4 Å². The summed E-state index contributed by atoms with van der Waals surface area (Å²) in [4.78, 5) is 21.0. The minimum absolute atomic E-state index is 0.132. The summed E-state index contributed by atoms with van der Waals surface area (Å²) < 4.78 is 7.46. The third kappa shape index (κ3) is 2.55. The van der Waals surface area contributed by atoms with Crippen LogP contribution in [0.25, 0.3) is 5.65 Å². The summed E-state index contributed by atoms with van der Waals surface area (Å²) in [5, 5.41) is 4.57. The van der Waals surface area contributed by atoms with Crippen LogP contribution in [0.15, 0.2) is 24.5 Å². The van der Waals surface area contributed by atoms with Crippen molar-refractivity contribution in [3.05, 3.63) is 24.5 Å². The average Bonchev–Trinajstić information content (AvgIpc) is 3.23. The van der Waals surface area contributed by atoms with E-state index in [0.717, 1.165) is 37.4 Å². The number of hydrogen-bond donors (Lipinski definition) is 0. The molecule has 0 aromatic carbocycles. The molecule has 122 valence electrons. The van der Waals surface area contributed by atoms with Crippen LogP contribution in [-0.2, 0) is 9.53 Å². The number of carbonyl (C=O) groups excluding carboxylic acids is 1. The average molecular weight is 315 g/mol. The smallest absolute Gasteiger partial charge is 0.254 e. The highest BCUT2D eigenvalue weighted by atomic mass is 16.5. The summed E-state index contributed by atoms with van der Waals surface area (Å²) in [5.41, 5.74) is 0.227. The Hall–Kier alpha value is -2.15. The quantitative estimate of drug-likeness (QED) is 0.825. The van der Waals surface area contributed by atoms with Crippen LogP contribution in [0.5, 0.6) is 0 Å². The van der Waals surface area contributed by atoms with Crippen molar-refractivity contribution in [3.63, 3.8) is 0 Å². The van der Waals surface area contributed by atoms with Gasteiger partial charge in [-0.05, 0) is 31.9 Å². The number of imidazole rings is 1. The van der Waals surface area contributed by atoms with Crippen molar-refractivity contribution < 1.29 is 9.53 Å². The molecular weight excluding hydrogens is 294 g/mol. The molecule has 7 heteroatoms. The van der Waals surface area contributed by atoms with Gasteiger partial charge >= 0.3 is 0 Å². The van der Waals surface area contributed by atoms with E-state index in [-0.39, 0.29) is 5.91 Å². The molecule has 1 amide bonds. The van der Waals surface area contributed by atoms with Crippen molar-refractivity contribution in [2.24, 2.45) is 0 Å². The van der Waals surface area contributed by atoms with Crippen molar-refractivity contribution in [3.8, 4) is 0 Å². The van der Waals surface area contributed by atoms with Crippen LogP contribution in [0, 0.1) is 0 Å². The lowest BCUT2D eigenvalue weighted by Crippen LogP contribution is -2.55. The van der Waals surface area contributed by atoms with Gasteiger partial charge in [-0.25, -0.2) is 9.50 Å². The lowest BCUT2D eigenvalue weighted by atomic mass is 10.0.